The van der Waals surface area contributed by atoms with E-state index in [0.29, 0.717) is 6.61 Å². The Morgan fingerprint density at radius 3 is 2.44 bits per heavy atom. The Bertz CT molecular complexity index is 466. The molecule has 2 amide bonds. The van der Waals surface area contributed by atoms with Crippen molar-refractivity contribution in [3.8, 4) is 5.75 Å². The van der Waals surface area contributed by atoms with E-state index in [9.17, 15) is 9.59 Å². The van der Waals surface area contributed by atoms with Gasteiger partial charge in [0.2, 0.25) is 11.8 Å². The van der Waals surface area contributed by atoms with Gasteiger partial charge in [0.15, 0.2) is 0 Å². The first-order valence-corrected chi connectivity index (χ1v) is 6.14. The predicted octanol–water partition coefficient (Wildman–Crippen LogP) is 1.78. The highest BCUT2D eigenvalue weighted by molar-refractivity contribution is 6.08. The van der Waals surface area contributed by atoms with Crippen LogP contribution in [-0.4, -0.2) is 18.4 Å². The van der Waals surface area contributed by atoms with E-state index in [-0.39, 0.29) is 18.2 Å². The van der Waals surface area contributed by atoms with Gasteiger partial charge in [-0.3, -0.25) is 14.9 Å². The normalized spacial score (nSPS) is 23.0. The van der Waals surface area contributed by atoms with Gasteiger partial charge in [0.05, 0.1) is 12.0 Å². The number of carbonyl (C=O) groups excluding carboxylic acids is 2. The van der Waals surface area contributed by atoms with Crippen molar-refractivity contribution >= 4 is 11.8 Å². The number of hydrogen-bond donors (Lipinski definition) is 1. The molecule has 1 atom stereocenters. The largest absolute Gasteiger partial charge is 0.494 e. The Morgan fingerprint density at radius 1 is 1.28 bits per heavy atom. The van der Waals surface area contributed by atoms with Crippen molar-refractivity contribution in [1.82, 2.24) is 5.32 Å². The summed E-state index contributed by atoms with van der Waals surface area (Å²) in [5.41, 5.74) is 0.0927. The van der Waals surface area contributed by atoms with Gasteiger partial charge in [-0.1, -0.05) is 19.1 Å². The lowest BCUT2D eigenvalue weighted by Crippen LogP contribution is -2.32. The molecule has 18 heavy (non-hydrogen) atoms. The third-order valence-electron chi connectivity index (χ3n) is 3.23. The quantitative estimate of drug-likeness (QED) is 0.825. The molecule has 2 rings (SSSR count). The fourth-order valence-electron chi connectivity index (χ4n) is 2.08. The van der Waals surface area contributed by atoms with Crippen molar-refractivity contribution in [3.63, 3.8) is 0 Å². The zero-order chi connectivity index (χ0) is 13.2. The summed E-state index contributed by atoms with van der Waals surface area (Å²) < 4.78 is 5.49. The zero-order valence-electron chi connectivity index (χ0n) is 10.7. The Kier molecular flexibility index (Phi) is 3.36. The smallest absolute Gasteiger partial charge is 0.237 e. The van der Waals surface area contributed by atoms with Crippen LogP contribution in [0.4, 0.5) is 0 Å². The van der Waals surface area contributed by atoms with E-state index in [4.69, 9.17) is 4.74 Å². The number of carbonyl (C=O) groups is 2. The standard InChI is InChI=1S/C14H17NO3/c1-3-8-18-11-6-4-10(5-7-11)14(2)9-12(16)15-13(14)17/h4-7H,3,8-9H2,1-2H3,(H,15,16,17)/t14-/m0/s1. The average Bonchev–Trinajstić information content (AvgIpc) is 2.62. The summed E-state index contributed by atoms with van der Waals surface area (Å²) >= 11 is 0. The highest BCUT2D eigenvalue weighted by Crippen LogP contribution is 2.32. The van der Waals surface area contributed by atoms with Crippen LogP contribution < -0.4 is 10.1 Å². The Hall–Kier alpha value is -1.84. The second kappa shape index (κ2) is 4.80. The number of hydrogen-bond acceptors (Lipinski definition) is 3. The molecular weight excluding hydrogens is 230 g/mol. The molecule has 1 aromatic rings. The molecule has 0 bridgehead atoms. The van der Waals surface area contributed by atoms with E-state index < -0.39 is 5.41 Å². The molecule has 0 spiro atoms. The SMILES string of the molecule is CCCOc1ccc([C@]2(C)CC(=O)NC2=O)cc1. The highest BCUT2D eigenvalue weighted by atomic mass is 16.5. The number of nitrogens with one attached hydrogen (secondary N) is 1. The van der Waals surface area contributed by atoms with E-state index in [2.05, 4.69) is 5.32 Å². The van der Waals surface area contributed by atoms with E-state index in [0.717, 1.165) is 17.7 Å². The highest BCUT2D eigenvalue weighted by Gasteiger charge is 2.43. The monoisotopic (exact) mass is 247 g/mol. The molecule has 1 aromatic carbocycles. The molecule has 1 saturated heterocycles. The maximum Gasteiger partial charge on any atom is 0.237 e. The van der Waals surface area contributed by atoms with Crippen molar-refractivity contribution < 1.29 is 14.3 Å². The van der Waals surface area contributed by atoms with Crippen LogP contribution in [-0.2, 0) is 15.0 Å². The van der Waals surface area contributed by atoms with Gasteiger partial charge in [-0.2, -0.15) is 0 Å². The summed E-state index contributed by atoms with van der Waals surface area (Å²) in [5, 5.41) is 2.35. The van der Waals surface area contributed by atoms with Crippen LogP contribution in [0.25, 0.3) is 0 Å². The fraction of sp³-hybridized carbons (Fsp3) is 0.429. The second-order valence-corrected chi connectivity index (χ2v) is 4.76. The first-order valence-electron chi connectivity index (χ1n) is 6.14. The first-order chi connectivity index (χ1) is 8.56. The summed E-state index contributed by atoms with van der Waals surface area (Å²) in [7, 11) is 0. The second-order valence-electron chi connectivity index (χ2n) is 4.76. The van der Waals surface area contributed by atoms with E-state index in [1.807, 2.05) is 31.2 Å². The lowest BCUT2D eigenvalue weighted by molar-refractivity contribution is -0.126. The fourth-order valence-corrected chi connectivity index (χ4v) is 2.08. The maximum absolute atomic E-state index is 11.8. The topological polar surface area (TPSA) is 55.4 Å². The number of rotatable bonds is 4. The molecule has 1 aliphatic rings. The minimum Gasteiger partial charge on any atom is -0.494 e. The lowest BCUT2D eigenvalue weighted by Gasteiger charge is -2.20. The van der Waals surface area contributed by atoms with Crippen LogP contribution in [0.5, 0.6) is 5.75 Å². The molecule has 1 heterocycles. The van der Waals surface area contributed by atoms with Crippen molar-refractivity contribution in [2.45, 2.75) is 32.1 Å². The third kappa shape index (κ3) is 2.23. The minimum atomic E-state index is -0.750. The number of ether oxygens (including phenoxy) is 1. The number of benzene rings is 1. The molecule has 1 N–H and O–H groups in total. The Morgan fingerprint density at radius 2 is 1.94 bits per heavy atom. The van der Waals surface area contributed by atoms with Gasteiger partial charge in [0.1, 0.15) is 5.75 Å². The van der Waals surface area contributed by atoms with Crippen molar-refractivity contribution in [2.24, 2.45) is 0 Å². The van der Waals surface area contributed by atoms with Gasteiger partial charge in [0, 0.05) is 6.42 Å². The summed E-state index contributed by atoms with van der Waals surface area (Å²) in [6.45, 7) is 4.51. The number of imide groups is 1. The molecule has 0 unspecified atom stereocenters. The Labute approximate surface area is 106 Å². The van der Waals surface area contributed by atoms with Gasteiger partial charge >= 0.3 is 0 Å². The van der Waals surface area contributed by atoms with Crippen molar-refractivity contribution in [3.05, 3.63) is 29.8 Å². The molecular formula is C14H17NO3. The van der Waals surface area contributed by atoms with E-state index in [1.54, 1.807) is 6.92 Å². The Balaban J connectivity index is 2.19. The van der Waals surface area contributed by atoms with Gasteiger partial charge in [-0.05, 0) is 31.0 Å². The van der Waals surface area contributed by atoms with Crippen molar-refractivity contribution in [2.75, 3.05) is 6.61 Å². The molecule has 0 aromatic heterocycles. The molecule has 0 aliphatic carbocycles. The third-order valence-corrected chi connectivity index (χ3v) is 3.23. The van der Waals surface area contributed by atoms with Gasteiger partial charge in [0.25, 0.3) is 0 Å². The molecule has 1 fully saturated rings. The summed E-state index contributed by atoms with van der Waals surface area (Å²) in [4.78, 5) is 23.1. The first kappa shape index (κ1) is 12.6. The van der Waals surface area contributed by atoms with Crippen LogP contribution >= 0.6 is 0 Å². The minimum absolute atomic E-state index is 0.209. The van der Waals surface area contributed by atoms with Gasteiger partial charge in [-0.15, -0.1) is 0 Å². The molecule has 0 radical (unpaired) electrons. The molecule has 0 saturated carbocycles. The van der Waals surface area contributed by atoms with Crippen LogP contribution in [0.3, 0.4) is 0 Å². The summed E-state index contributed by atoms with van der Waals surface area (Å²) in [6, 6.07) is 7.38. The summed E-state index contributed by atoms with van der Waals surface area (Å²) in [5.74, 6) is 0.345. The van der Waals surface area contributed by atoms with E-state index >= 15 is 0 Å². The van der Waals surface area contributed by atoms with Crippen LogP contribution in [0, 0.1) is 0 Å². The lowest BCUT2D eigenvalue weighted by atomic mass is 9.81. The molecule has 4 heteroatoms. The maximum atomic E-state index is 11.8. The predicted molar refractivity (Wildman–Crippen MR) is 67.3 cm³/mol. The van der Waals surface area contributed by atoms with Crippen molar-refractivity contribution in [1.29, 1.82) is 0 Å². The van der Waals surface area contributed by atoms with Gasteiger partial charge < -0.3 is 4.74 Å². The van der Waals surface area contributed by atoms with Crippen LogP contribution in [0.2, 0.25) is 0 Å². The van der Waals surface area contributed by atoms with E-state index in [1.165, 1.54) is 0 Å². The summed E-state index contributed by atoms with van der Waals surface area (Å²) in [6.07, 6.45) is 1.16. The number of amides is 2. The van der Waals surface area contributed by atoms with Crippen LogP contribution in [0.1, 0.15) is 32.3 Å². The average molecular weight is 247 g/mol. The zero-order valence-corrected chi connectivity index (χ0v) is 10.7. The molecule has 1 aliphatic heterocycles. The van der Waals surface area contributed by atoms with Gasteiger partial charge in [-0.25, -0.2) is 0 Å². The molecule has 4 nitrogen and oxygen atoms in total. The molecule has 96 valence electrons. The van der Waals surface area contributed by atoms with Crippen LogP contribution in [0.15, 0.2) is 24.3 Å².